The first-order valence-electron chi connectivity index (χ1n) is 2.90. The summed E-state index contributed by atoms with van der Waals surface area (Å²) in [6.07, 6.45) is 0.579. The molecule has 50 valence electrons. The van der Waals surface area contributed by atoms with E-state index < -0.39 is 0 Å². The highest BCUT2D eigenvalue weighted by Gasteiger charge is 2.13. The lowest BCUT2D eigenvalue weighted by molar-refractivity contribution is -0.122. The number of rotatable bonds is 0. The molecule has 9 heavy (non-hydrogen) atoms. The predicted molar refractivity (Wildman–Crippen MR) is 34.5 cm³/mol. The summed E-state index contributed by atoms with van der Waals surface area (Å²) in [6, 6.07) is 0. The van der Waals surface area contributed by atoms with Crippen LogP contribution in [0.4, 0.5) is 0 Å². The van der Waals surface area contributed by atoms with E-state index in [0.717, 1.165) is 6.54 Å². The van der Waals surface area contributed by atoms with Crippen LogP contribution < -0.4 is 5.32 Å². The van der Waals surface area contributed by atoms with Gasteiger partial charge in [-0.1, -0.05) is 6.58 Å². The maximum Gasteiger partial charge on any atom is 0.227 e. The van der Waals surface area contributed by atoms with Gasteiger partial charge in [-0.25, -0.2) is 0 Å². The molecular formula is C6H10N2O. The summed E-state index contributed by atoms with van der Waals surface area (Å²) in [4.78, 5) is 12.5. The minimum atomic E-state index is 0.0677. The fourth-order valence-corrected chi connectivity index (χ4v) is 0.723. The van der Waals surface area contributed by atoms with Gasteiger partial charge in [0, 0.05) is 20.0 Å². The Balaban J connectivity index is 2.54. The second kappa shape index (κ2) is 2.09. The average molecular weight is 126 g/mol. The molecule has 3 nitrogen and oxygen atoms in total. The molecule has 1 heterocycles. The largest absolute Gasteiger partial charge is 0.361 e. The third-order valence-electron chi connectivity index (χ3n) is 1.42. The summed E-state index contributed by atoms with van der Waals surface area (Å²) in [6.45, 7) is 4.42. The molecule has 0 atom stereocenters. The summed E-state index contributed by atoms with van der Waals surface area (Å²) in [7, 11) is 1.90. The number of carbonyl (C=O) groups is 1. The summed E-state index contributed by atoms with van der Waals surface area (Å²) in [5, 5.41) is 2.62. The van der Waals surface area contributed by atoms with Crippen LogP contribution in [0.15, 0.2) is 12.4 Å². The normalized spacial score (nSPS) is 19.9. The van der Waals surface area contributed by atoms with Gasteiger partial charge >= 0.3 is 0 Å². The minimum absolute atomic E-state index is 0.0677. The molecule has 0 radical (unpaired) electrons. The van der Waals surface area contributed by atoms with Crippen molar-refractivity contribution >= 4 is 5.91 Å². The first-order valence-corrected chi connectivity index (χ1v) is 2.90. The minimum Gasteiger partial charge on any atom is -0.361 e. The number of hydrogen-bond acceptors (Lipinski definition) is 2. The fourth-order valence-electron chi connectivity index (χ4n) is 0.723. The van der Waals surface area contributed by atoms with E-state index in [-0.39, 0.29) is 5.91 Å². The van der Waals surface area contributed by atoms with Gasteiger partial charge in [0.2, 0.25) is 5.91 Å². The summed E-state index contributed by atoms with van der Waals surface area (Å²) < 4.78 is 0. The molecule has 0 spiro atoms. The van der Waals surface area contributed by atoms with Crippen molar-refractivity contribution in [3.8, 4) is 0 Å². The third-order valence-corrected chi connectivity index (χ3v) is 1.42. The van der Waals surface area contributed by atoms with Gasteiger partial charge in [-0.2, -0.15) is 0 Å². The van der Waals surface area contributed by atoms with Crippen LogP contribution in [0.25, 0.3) is 0 Å². The van der Waals surface area contributed by atoms with Gasteiger partial charge in [0.25, 0.3) is 0 Å². The lowest BCUT2D eigenvalue weighted by Crippen LogP contribution is -2.39. The molecule has 1 N–H and O–H groups in total. The fraction of sp³-hybridized carbons (Fsp3) is 0.500. The Morgan fingerprint density at radius 1 is 1.78 bits per heavy atom. The number of amides is 1. The van der Waals surface area contributed by atoms with Gasteiger partial charge in [0.15, 0.2) is 0 Å². The number of nitrogens with zero attached hydrogens (tertiary/aromatic N) is 1. The van der Waals surface area contributed by atoms with Crippen LogP contribution in [0.2, 0.25) is 0 Å². The van der Waals surface area contributed by atoms with Crippen molar-refractivity contribution in [1.29, 1.82) is 0 Å². The van der Waals surface area contributed by atoms with Gasteiger partial charge in [-0.05, 0) is 0 Å². The first kappa shape index (κ1) is 6.13. The van der Waals surface area contributed by atoms with Gasteiger partial charge < -0.3 is 10.2 Å². The highest BCUT2D eigenvalue weighted by atomic mass is 16.1. The summed E-state index contributed by atoms with van der Waals surface area (Å²) >= 11 is 0. The second-order valence-corrected chi connectivity index (χ2v) is 2.17. The van der Waals surface area contributed by atoms with Gasteiger partial charge in [-0.3, -0.25) is 4.79 Å². The number of nitrogens with one attached hydrogen (secondary N) is 1. The molecule has 1 aliphatic rings. The maximum atomic E-state index is 10.6. The molecule has 1 rings (SSSR count). The van der Waals surface area contributed by atoms with E-state index in [2.05, 4.69) is 11.9 Å². The highest BCUT2D eigenvalue weighted by Crippen LogP contribution is 2.01. The van der Waals surface area contributed by atoms with E-state index in [0.29, 0.717) is 12.2 Å². The van der Waals surface area contributed by atoms with Gasteiger partial charge in [0.05, 0.1) is 0 Å². The Morgan fingerprint density at radius 2 is 2.44 bits per heavy atom. The summed E-state index contributed by atoms with van der Waals surface area (Å²) in [5.41, 5.74) is 0. The molecule has 1 fully saturated rings. The highest BCUT2D eigenvalue weighted by molar-refractivity contribution is 5.78. The second-order valence-electron chi connectivity index (χ2n) is 2.17. The number of carbonyl (C=O) groups excluding carboxylic acids is 1. The molecule has 1 aliphatic heterocycles. The van der Waals surface area contributed by atoms with Crippen LogP contribution in [0.1, 0.15) is 6.42 Å². The number of hydrogen-bond donors (Lipinski definition) is 1. The predicted octanol–water partition coefficient (Wildman–Crippen LogP) is -0.0907. The quantitative estimate of drug-likeness (QED) is 0.492. The lowest BCUT2D eigenvalue weighted by atomic mass is 10.3. The molecule has 1 amide bonds. The monoisotopic (exact) mass is 126 g/mol. The molecule has 0 aliphatic carbocycles. The van der Waals surface area contributed by atoms with E-state index in [9.17, 15) is 4.79 Å². The third kappa shape index (κ3) is 1.22. The Morgan fingerprint density at radius 3 is 2.89 bits per heavy atom. The molecule has 0 aromatic heterocycles. The SMILES string of the molecule is C=C1NC(=O)CCN1C. The Bertz CT molecular complexity index is 153. The molecule has 3 heteroatoms. The van der Waals surface area contributed by atoms with E-state index >= 15 is 0 Å². The zero-order chi connectivity index (χ0) is 6.85. The molecule has 0 saturated carbocycles. The maximum absolute atomic E-state index is 10.6. The topological polar surface area (TPSA) is 32.3 Å². The summed E-state index contributed by atoms with van der Waals surface area (Å²) in [5.74, 6) is 0.768. The van der Waals surface area contributed by atoms with Crippen molar-refractivity contribution < 1.29 is 4.79 Å². The van der Waals surface area contributed by atoms with Crippen LogP contribution in [0.5, 0.6) is 0 Å². The van der Waals surface area contributed by atoms with Crippen LogP contribution in [0.3, 0.4) is 0 Å². The molecule has 0 bridgehead atoms. The zero-order valence-electron chi connectivity index (χ0n) is 5.48. The smallest absolute Gasteiger partial charge is 0.227 e. The Labute approximate surface area is 54.3 Å². The van der Waals surface area contributed by atoms with E-state index in [1.54, 1.807) is 0 Å². The average Bonchev–Trinajstić information content (AvgIpc) is 1.80. The van der Waals surface area contributed by atoms with Crippen molar-refractivity contribution in [3.05, 3.63) is 12.4 Å². The van der Waals surface area contributed by atoms with E-state index in [1.165, 1.54) is 0 Å². The molecular weight excluding hydrogens is 116 g/mol. The van der Waals surface area contributed by atoms with E-state index in [4.69, 9.17) is 0 Å². The molecule has 1 saturated heterocycles. The van der Waals surface area contributed by atoms with Crippen LogP contribution in [-0.2, 0) is 4.79 Å². The van der Waals surface area contributed by atoms with E-state index in [1.807, 2.05) is 11.9 Å². The van der Waals surface area contributed by atoms with Crippen molar-refractivity contribution in [2.75, 3.05) is 13.6 Å². The van der Waals surface area contributed by atoms with Crippen LogP contribution >= 0.6 is 0 Å². The zero-order valence-corrected chi connectivity index (χ0v) is 5.48. The molecule has 0 aromatic carbocycles. The van der Waals surface area contributed by atoms with Crippen molar-refractivity contribution in [1.82, 2.24) is 10.2 Å². The Kier molecular flexibility index (Phi) is 1.42. The van der Waals surface area contributed by atoms with Crippen molar-refractivity contribution in [2.45, 2.75) is 6.42 Å². The van der Waals surface area contributed by atoms with Crippen molar-refractivity contribution in [3.63, 3.8) is 0 Å². The van der Waals surface area contributed by atoms with Gasteiger partial charge in [0.1, 0.15) is 5.82 Å². The van der Waals surface area contributed by atoms with Crippen LogP contribution in [0, 0.1) is 0 Å². The van der Waals surface area contributed by atoms with Gasteiger partial charge in [-0.15, -0.1) is 0 Å². The van der Waals surface area contributed by atoms with Crippen LogP contribution in [-0.4, -0.2) is 24.4 Å². The first-order chi connectivity index (χ1) is 4.20. The Hall–Kier alpha value is -0.990. The van der Waals surface area contributed by atoms with Crippen molar-refractivity contribution in [2.24, 2.45) is 0 Å². The molecule has 0 unspecified atom stereocenters. The molecule has 0 aromatic rings. The lowest BCUT2D eigenvalue weighted by Gasteiger charge is -2.26. The standard InChI is InChI=1S/C6H10N2O/c1-5-7-6(9)3-4-8(5)2/h1,3-4H2,2H3,(H,7,9).